The van der Waals surface area contributed by atoms with Gasteiger partial charge in [0, 0.05) is 0 Å². The zero-order valence-electron chi connectivity index (χ0n) is 10.1. The van der Waals surface area contributed by atoms with Crippen LogP contribution < -0.4 is 10.9 Å². The van der Waals surface area contributed by atoms with Crippen LogP contribution in [0.1, 0.15) is 5.82 Å². The lowest BCUT2D eigenvalue weighted by molar-refractivity contribution is 0.0409. The molecule has 0 aliphatic rings. The second-order valence-electron chi connectivity index (χ2n) is 4.26. The maximum Gasteiger partial charge on any atom is 0.268 e. The summed E-state index contributed by atoms with van der Waals surface area (Å²) in [6, 6.07) is 1.75. The minimum atomic E-state index is -1.19. The summed E-state index contributed by atoms with van der Waals surface area (Å²) in [6.07, 6.45) is 0. The SMILES string of the molecule is O=c1[nH]c(CNC(CO)(CO)CO)nc2ccsc12. The number of rotatable bonds is 6. The zero-order valence-corrected chi connectivity index (χ0v) is 10.9. The molecule has 8 heteroatoms. The van der Waals surface area contributed by atoms with Gasteiger partial charge >= 0.3 is 0 Å². The molecule has 19 heavy (non-hydrogen) atoms. The van der Waals surface area contributed by atoms with Crippen LogP contribution in [0.3, 0.4) is 0 Å². The van der Waals surface area contributed by atoms with Crippen molar-refractivity contribution in [2.45, 2.75) is 12.1 Å². The Bertz CT molecular complexity index is 597. The number of nitrogens with zero attached hydrogens (tertiary/aromatic N) is 1. The molecule has 0 bridgehead atoms. The molecular formula is C11H15N3O4S. The molecule has 0 aromatic carbocycles. The lowest BCUT2D eigenvalue weighted by Gasteiger charge is -2.28. The number of aliphatic hydroxyl groups is 3. The number of aliphatic hydroxyl groups excluding tert-OH is 3. The largest absolute Gasteiger partial charge is 0.394 e. The molecule has 0 amide bonds. The number of nitrogens with one attached hydrogen (secondary N) is 2. The summed E-state index contributed by atoms with van der Waals surface area (Å²) in [6.45, 7) is -1.15. The topological polar surface area (TPSA) is 118 Å². The lowest BCUT2D eigenvalue weighted by Crippen LogP contribution is -2.54. The Labute approximate surface area is 112 Å². The molecule has 2 heterocycles. The average Bonchev–Trinajstić information content (AvgIpc) is 2.90. The Kier molecular flexibility index (Phi) is 4.27. The third kappa shape index (κ3) is 2.82. The third-order valence-electron chi connectivity index (χ3n) is 2.90. The first-order valence-electron chi connectivity index (χ1n) is 5.68. The van der Waals surface area contributed by atoms with Gasteiger partial charge in [0.2, 0.25) is 0 Å². The van der Waals surface area contributed by atoms with Crippen molar-refractivity contribution in [2.75, 3.05) is 19.8 Å². The Morgan fingerprint density at radius 1 is 1.32 bits per heavy atom. The number of fused-ring (bicyclic) bond motifs is 1. The van der Waals surface area contributed by atoms with Crippen LogP contribution in [0.5, 0.6) is 0 Å². The first kappa shape index (κ1) is 14.1. The van der Waals surface area contributed by atoms with Gasteiger partial charge < -0.3 is 20.3 Å². The predicted octanol–water partition coefficient (Wildman–Crippen LogP) is -1.21. The van der Waals surface area contributed by atoms with Crippen LogP contribution in [-0.4, -0.2) is 50.6 Å². The van der Waals surface area contributed by atoms with Gasteiger partial charge in [-0.25, -0.2) is 4.98 Å². The van der Waals surface area contributed by atoms with Crippen LogP contribution in [0.2, 0.25) is 0 Å². The van der Waals surface area contributed by atoms with Crippen LogP contribution >= 0.6 is 11.3 Å². The van der Waals surface area contributed by atoms with Crippen LogP contribution in [0.4, 0.5) is 0 Å². The van der Waals surface area contributed by atoms with Gasteiger partial charge in [0.15, 0.2) is 0 Å². The van der Waals surface area contributed by atoms with Crippen molar-refractivity contribution in [2.24, 2.45) is 0 Å². The Morgan fingerprint density at radius 2 is 2.00 bits per heavy atom. The van der Waals surface area contributed by atoms with Crippen LogP contribution in [0, 0.1) is 0 Å². The quantitative estimate of drug-likeness (QED) is 0.454. The van der Waals surface area contributed by atoms with Crippen LogP contribution in [0.15, 0.2) is 16.2 Å². The van der Waals surface area contributed by atoms with Gasteiger partial charge in [-0.05, 0) is 11.4 Å². The number of aromatic amines is 1. The van der Waals surface area contributed by atoms with E-state index in [0.29, 0.717) is 16.0 Å². The van der Waals surface area contributed by atoms with Gasteiger partial charge in [-0.3, -0.25) is 10.1 Å². The summed E-state index contributed by atoms with van der Waals surface area (Å²) >= 11 is 1.31. The number of H-pyrrole nitrogens is 1. The summed E-state index contributed by atoms with van der Waals surface area (Å²) in [4.78, 5) is 18.6. The van der Waals surface area contributed by atoms with Crippen molar-refractivity contribution in [3.63, 3.8) is 0 Å². The highest BCUT2D eigenvalue weighted by molar-refractivity contribution is 7.17. The summed E-state index contributed by atoms with van der Waals surface area (Å²) in [7, 11) is 0. The van der Waals surface area contributed by atoms with E-state index in [0.717, 1.165) is 0 Å². The minimum Gasteiger partial charge on any atom is -0.394 e. The molecule has 0 aliphatic carbocycles. The number of hydrogen-bond acceptors (Lipinski definition) is 7. The van der Waals surface area contributed by atoms with Crippen LogP contribution in [-0.2, 0) is 6.54 Å². The first-order chi connectivity index (χ1) is 9.14. The van der Waals surface area contributed by atoms with E-state index < -0.39 is 25.4 Å². The van der Waals surface area contributed by atoms with Gasteiger partial charge in [-0.2, -0.15) is 0 Å². The highest BCUT2D eigenvalue weighted by Gasteiger charge is 2.27. The molecule has 0 fully saturated rings. The van der Waals surface area contributed by atoms with E-state index in [4.69, 9.17) is 0 Å². The monoisotopic (exact) mass is 285 g/mol. The summed E-state index contributed by atoms with van der Waals surface area (Å²) in [5.41, 5.74) is -0.810. The summed E-state index contributed by atoms with van der Waals surface area (Å²) in [5, 5.41) is 32.1. The second kappa shape index (κ2) is 5.76. The molecule has 0 saturated carbocycles. The van der Waals surface area contributed by atoms with E-state index in [1.807, 2.05) is 0 Å². The molecule has 2 rings (SSSR count). The molecule has 2 aromatic heterocycles. The minimum absolute atomic E-state index is 0.128. The van der Waals surface area contributed by atoms with Crippen molar-refractivity contribution >= 4 is 21.6 Å². The molecule has 0 saturated heterocycles. The van der Waals surface area contributed by atoms with Gasteiger partial charge in [0.1, 0.15) is 10.5 Å². The molecule has 0 spiro atoms. The molecule has 0 aliphatic heterocycles. The number of hydrogen-bond donors (Lipinski definition) is 5. The second-order valence-corrected chi connectivity index (χ2v) is 5.17. The van der Waals surface area contributed by atoms with E-state index >= 15 is 0 Å². The Balaban J connectivity index is 2.19. The standard InChI is InChI=1S/C11H15N3O4S/c15-4-11(5-16,6-17)12-3-8-13-7-1-2-19-9(7)10(18)14-8/h1-2,12,15-17H,3-6H2,(H,13,14,18). The smallest absolute Gasteiger partial charge is 0.268 e. The molecule has 0 radical (unpaired) electrons. The highest BCUT2D eigenvalue weighted by atomic mass is 32.1. The number of thiophene rings is 1. The van der Waals surface area contributed by atoms with Crippen molar-refractivity contribution < 1.29 is 15.3 Å². The fraction of sp³-hybridized carbons (Fsp3) is 0.455. The predicted molar refractivity (Wildman–Crippen MR) is 71.1 cm³/mol. The molecule has 104 valence electrons. The average molecular weight is 285 g/mol. The highest BCUT2D eigenvalue weighted by Crippen LogP contribution is 2.13. The normalized spacial score (nSPS) is 12.2. The molecular weight excluding hydrogens is 270 g/mol. The van der Waals surface area contributed by atoms with E-state index in [9.17, 15) is 20.1 Å². The maximum absolute atomic E-state index is 11.7. The van der Waals surface area contributed by atoms with E-state index in [2.05, 4.69) is 15.3 Å². The van der Waals surface area contributed by atoms with E-state index in [1.54, 1.807) is 11.4 Å². The van der Waals surface area contributed by atoms with Crippen molar-refractivity contribution in [1.29, 1.82) is 0 Å². The third-order valence-corrected chi connectivity index (χ3v) is 3.81. The molecule has 7 nitrogen and oxygen atoms in total. The van der Waals surface area contributed by atoms with Gasteiger partial charge in [-0.1, -0.05) is 0 Å². The van der Waals surface area contributed by atoms with Crippen molar-refractivity contribution in [1.82, 2.24) is 15.3 Å². The van der Waals surface area contributed by atoms with E-state index in [-0.39, 0.29) is 12.1 Å². The fourth-order valence-corrected chi connectivity index (χ4v) is 2.32. The number of aromatic nitrogens is 2. The molecule has 2 aromatic rings. The van der Waals surface area contributed by atoms with Crippen molar-refractivity contribution in [3.8, 4) is 0 Å². The summed E-state index contributed by atoms with van der Waals surface area (Å²) in [5.74, 6) is 0.385. The Hall–Kier alpha value is -1.32. The van der Waals surface area contributed by atoms with Crippen LogP contribution in [0.25, 0.3) is 10.2 Å². The molecule has 0 atom stereocenters. The Morgan fingerprint density at radius 3 is 2.63 bits per heavy atom. The van der Waals surface area contributed by atoms with Gasteiger partial charge in [0.25, 0.3) is 5.56 Å². The molecule has 5 N–H and O–H groups in total. The molecule has 0 unspecified atom stereocenters. The first-order valence-corrected chi connectivity index (χ1v) is 6.56. The maximum atomic E-state index is 11.7. The van der Waals surface area contributed by atoms with E-state index in [1.165, 1.54) is 11.3 Å². The van der Waals surface area contributed by atoms with Gasteiger partial charge in [0.05, 0.1) is 37.4 Å². The lowest BCUT2D eigenvalue weighted by atomic mass is 10.0. The fourth-order valence-electron chi connectivity index (χ4n) is 1.59. The van der Waals surface area contributed by atoms with Gasteiger partial charge in [-0.15, -0.1) is 11.3 Å². The van der Waals surface area contributed by atoms with Crippen molar-refractivity contribution in [3.05, 3.63) is 27.6 Å². The zero-order chi connectivity index (χ0) is 13.9. The summed E-state index contributed by atoms with van der Waals surface area (Å²) < 4.78 is 0.557.